The fraction of sp³-hybridized carbons (Fsp3) is 0.304. The Morgan fingerprint density at radius 2 is 2.00 bits per heavy atom. The summed E-state index contributed by atoms with van der Waals surface area (Å²) in [7, 11) is 0. The lowest BCUT2D eigenvalue weighted by Crippen LogP contribution is -2.36. The highest BCUT2D eigenvalue weighted by Gasteiger charge is 2.27. The number of carbonyl (C=O) groups excluding carboxylic acids is 1. The summed E-state index contributed by atoms with van der Waals surface area (Å²) in [6.07, 6.45) is 8.66. The number of nitro groups is 1. The number of hydrogen-bond acceptors (Lipinski definition) is 5. The molecule has 8 nitrogen and oxygen atoms in total. The van der Waals surface area contributed by atoms with E-state index in [4.69, 9.17) is 0 Å². The number of aromatic nitrogens is 2. The minimum absolute atomic E-state index is 0.0502. The summed E-state index contributed by atoms with van der Waals surface area (Å²) in [5.74, 6) is -0.151. The zero-order valence-electron chi connectivity index (χ0n) is 17.1. The van der Waals surface area contributed by atoms with E-state index >= 15 is 0 Å². The SMILES string of the molecule is O=C(c1cc([N+](=O)[O-])ccc1N1CCCC1)N1CC=C(c2c[nH]c3ncccc23)CC1. The smallest absolute Gasteiger partial charge is 0.270 e. The number of anilines is 1. The van der Waals surface area contributed by atoms with Crippen molar-refractivity contribution in [2.75, 3.05) is 31.1 Å². The first kappa shape index (κ1) is 19.3. The molecule has 2 aliphatic heterocycles. The molecule has 4 heterocycles. The lowest BCUT2D eigenvalue weighted by Gasteiger charge is -2.29. The average molecular weight is 417 g/mol. The largest absolute Gasteiger partial charge is 0.371 e. The topological polar surface area (TPSA) is 95.4 Å². The summed E-state index contributed by atoms with van der Waals surface area (Å²) < 4.78 is 0. The highest BCUT2D eigenvalue weighted by Crippen LogP contribution is 2.32. The van der Waals surface area contributed by atoms with Gasteiger partial charge in [-0.25, -0.2) is 4.98 Å². The number of non-ortho nitro benzene ring substituents is 1. The van der Waals surface area contributed by atoms with E-state index < -0.39 is 4.92 Å². The molecule has 0 spiro atoms. The van der Waals surface area contributed by atoms with Gasteiger partial charge in [0.05, 0.1) is 16.2 Å². The van der Waals surface area contributed by atoms with Crippen molar-refractivity contribution in [3.8, 4) is 0 Å². The maximum Gasteiger partial charge on any atom is 0.270 e. The Balaban J connectivity index is 1.42. The Bertz CT molecular complexity index is 1190. The molecule has 0 aliphatic carbocycles. The zero-order valence-corrected chi connectivity index (χ0v) is 17.1. The van der Waals surface area contributed by atoms with Crippen LogP contribution >= 0.6 is 0 Å². The molecule has 0 atom stereocenters. The molecule has 158 valence electrons. The number of amides is 1. The quantitative estimate of drug-likeness (QED) is 0.511. The molecule has 2 aromatic heterocycles. The molecular weight excluding hydrogens is 394 g/mol. The van der Waals surface area contributed by atoms with Crippen molar-refractivity contribution in [1.82, 2.24) is 14.9 Å². The third-order valence-corrected chi connectivity index (χ3v) is 6.16. The number of aromatic amines is 1. The van der Waals surface area contributed by atoms with Gasteiger partial charge in [-0.2, -0.15) is 0 Å². The molecular formula is C23H23N5O3. The Hall–Kier alpha value is -3.68. The van der Waals surface area contributed by atoms with E-state index in [1.54, 1.807) is 17.2 Å². The number of carbonyl (C=O) groups is 1. The summed E-state index contributed by atoms with van der Waals surface area (Å²) in [4.78, 5) is 35.7. The van der Waals surface area contributed by atoms with E-state index in [2.05, 4.69) is 20.9 Å². The number of nitrogens with zero attached hydrogens (tertiary/aromatic N) is 4. The number of hydrogen-bond donors (Lipinski definition) is 1. The number of benzene rings is 1. The number of nitrogens with one attached hydrogen (secondary N) is 1. The molecule has 1 N–H and O–H groups in total. The van der Waals surface area contributed by atoms with Gasteiger partial charge in [-0.05, 0) is 43.0 Å². The van der Waals surface area contributed by atoms with E-state index in [1.807, 2.05) is 18.3 Å². The summed E-state index contributed by atoms with van der Waals surface area (Å²) in [6, 6.07) is 8.60. The second kappa shape index (κ2) is 7.86. The monoisotopic (exact) mass is 417 g/mol. The van der Waals surface area contributed by atoms with Crippen molar-refractivity contribution in [2.24, 2.45) is 0 Å². The van der Waals surface area contributed by atoms with Crippen LogP contribution < -0.4 is 4.90 Å². The predicted molar refractivity (Wildman–Crippen MR) is 119 cm³/mol. The van der Waals surface area contributed by atoms with Gasteiger partial charge in [0.15, 0.2) is 0 Å². The Morgan fingerprint density at radius 3 is 2.74 bits per heavy atom. The number of pyridine rings is 1. The average Bonchev–Trinajstić information content (AvgIpc) is 3.48. The summed E-state index contributed by atoms with van der Waals surface area (Å²) in [5, 5.41) is 12.4. The van der Waals surface area contributed by atoms with Crippen molar-refractivity contribution in [3.05, 3.63) is 70.0 Å². The van der Waals surface area contributed by atoms with Crippen LogP contribution in [-0.2, 0) is 0 Å². The zero-order chi connectivity index (χ0) is 21.4. The van der Waals surface area contributed by atoms with Crippen molar-refractivity contribution < 1.29 is 9.72 Å². The molecule has 2 aliphatic rings. The number of fused-ring (bicyclic) bond motifs is 1. The second-order valence-corrected chi connectivity index (χ2v) is 7.99. The highest BCUT2D eigenvalue weighted by atomic mass is 16.6. The molecule has 1 saturated heterocycles. The number of nitro benzene ring substituents is 1. The standard InChI is InChI=1S/C23H23N5O3/c29-23(19-14-17(28(30)31)5-6-21(19)26-10-1-2-11-26)27-12-7-16(8-13-27)20-15-25-22-18(20)4-3-9-24-22/h3-7,9,14-15H,1-2,8,10-13H2,(H,24,25). The molecule has 0 saturated carbocycles. The first-order valence-corrected chi connectivity index (χ1v) is 10.6. The Kier molecular flexibility index (Phi) is 4.89. The highest BCUT2D eigenvalue weighted by molar-refractivity contribution is 6.01. The van der Waals surface area contributed by atoms with E-state index in [0.29, 0.717) is 18.7 Å². The minimum atomic E-state index is -0.441. The fourth-order valence-electron chi connectivity index (χ4n) is 4.53. The van der Waals surface area contributed by atoms with Crippen LogP contribution in [0.25, 0.3) is 16.6 Å². The minimum Gasteiger partial charge on any atom is -0.371 e. The van der Waals surface area contributed by atoms with Gasteiger partial charge in [0.2, 0.25) is 0 Å². The molecule has 0 radical (unpaired) electrons. The van der Waals surface area contributed by atoms with E-state index in [0.717, 1.165) is 54.6 Å². The van der Waals surface area contributed by atoms with Crippen LogP contribution in [0.3, 0.4) is 0 Å². The second-order valence-electron chi connectivity index (χ2n) is 7.99. The fourth-order valence-corrected chi connectivity index (χ4v) is 4.53. The van der Waals surface area contributed by atoms with Gasteiger partial charge in [0.25, 0.3) is 11.6 Å². The van der Waals surface area contributed by atoms with Crippen LogP contribution in [0.4, 0.5) is 11.4 Å². The number of H-pyrrole nitrogens is 1. The lowest BCUT2D eigenvalue weighted by molar-refractivity contribution is -0.384. The number of rotatable bonds is 4. The van der Waals surface area contributed by atoms with Crippen molar-refractivity contribution in [1.29, 1.82) is 0 Å². The van der Waals surface area contributed by atoms with Gasteiger partial charge in [-0.1, -0.05) is 6.08 Å². The van der Waals surface area contributed by atoms with Gasteiger partial charge in [0, 0.05) is 61.7 Å². The molecule has 1 fully saturated rings. The van der Waals surface area contributed by atoms with Crippen molar-refractivity contribution >= 4 is 33.9 Å². The molecule has 0 unspecified atom stereocenters. The third kappa shape index (κ3) is 3.54. The normalized spacial score (nSPS) is 16.6. The molecule has 1 amide bonds. The summed E-state index contributed by atoms with van der Waals surface area (Å²) in [6.45, 7) is 2.79. The van der Waals surface area contributed by atoms with Crippen molar-refractivity contribution in [2.45, 2.75) is 19.3 Å². The molecule has 5 rings (SSSR count). The van der Waals surface area contributed by atoms with Crippen LogP contribution in [0.1, 0.15) is 35.2 Å². The maximum atomic E-state index is 13.4. The van der Waals surface area contributed by atoms with Crippen LogP contribution in [0.2, 0.25) is 0 Å². The van der Waals surface area contributed by atoms with Gasteiger partial charge in [0.1, 0.15) is 5.65 Å². The van der Waals surface area contributed by atoms with Crippen molar-refractivity contribution in [3.63, 3.8) is 0 Å². The van der Waals surface area contributed by atoms with Crippen LogP contribution in [-0.4, -0.2) is 51.9 Å². The summed E-state index contributed by atoms with van der Waals surface area (Å²) >= 11 is 0. The first-order valence-electron chi connectivity index (χ1n) is 10.6. The molecule has 3 aromatic rings. The van der Waals surface area contributed by atoms with Gasteiger partial charge < -0.3 is 14.8 Å². The van der Waals surface area contributed by atoms with Gasteiger partial charge in [-0.15, -0.1) is 0 Å². The molecule has 31 heavy (non-hydrogen) atoms. The molecule has 0 bridgehead atoms. The first-order chi connectivity index (χ1) is 15.1. The van der Waals surface area contributed by atoms with E-state index in [1.165, 1.54) is 17.7 Å². The van der Waals surface area contributed by atoms with Crippen LogP contribution in [0.5, 0.6) is 0 Å². The maximum absolute atomic E-state index is 13.4. The Labute approximate surface area is 179 Å². The van der Waals surface area contributed by atoms with Gasteiger partial charge >= 0.3 is 0 Å². The lowest BCUT2D eigenvalue weighted by atomic mass is 9.99. The Morgan fingerprint density at radius 1 is 1.16 bits per heavy atom. The predicted octanol–water partition coefficient (Wildman–Crippen LogP) is 4.00. The van der Waals surface area contributed by atoms with Crippen LogP contribution in [0.15, 0.2) is 48.8 Å². The summed E-state index contributed by atoms with van der Waals surface area (Å²) in [5.41, 5.74) is 4.31. The van der Waals surface area contributed by atoms with Crippen LogP contribution in [0, 0.1) is 10.1 Å². The van der Waals surface area contributed by atoms with E-state index in [9.17, 15) is 14.9 Å². The van der Waals surface area contributed by atoms with E-state index in [-0.39, 0.29) is 11.6 Å². The molecule has 1 aromatic carbocycles. The third-order valence-electron chi connectivity index (χ3n) is 6.16. The van der Waals surface area contributed by atoms with Gasteiger partial charge in [-0.3, -0.25) is 14.9 Å². The molecule has 8 heteroatoms.